The first-order valence-electron chi connectivity index (χ1n) is 6.56. The van der Waals surface area contributed by atoms with Crippen molar-refractivity contribution in [2.45, 2.75) is 18.9 Å². The third kappa shape index (κ3) is 3.24. The van der Waals surface area contributed by atoms with Crippen LogP contribution in [0.4, 0.5) is 17.7 Å². The Labute approximate surface area is 124 Å². The molecule has 1 aliphatic rings. The van der Waals surface area contributed by atoms with Crippen molar-refractivity contribution in [1.82, 2.24) is 25.1 Å². The van der Waals surface area contributed by atoms with Crippen molar-refractivity contribution in [2.75, 3.05) is 29.0 Å². The minimum atomic E-state index is -0.460. The van der Waals surface area contributed by atoms with Gasteiger partial charge >= 0.3 is 5.69 Å². The number of rotatable bonds is 3. The van der Waals surface area contributed by atoms with Gasteiger partial charge in [-0.1, -0.05) is 11.6 Å². The number of hydrogen-bond donors (Lipinski definition) is 4. The van der Waals surface area contributed by atoms with Crippen molar-refractivity contribution in [1.29, 1.82) is 0 Å². The quantitative estimate of drug-likeness (QED) is 0.596. The fourth-order valence-electron chi connectivity index (χ4n) is 2.34. The van der Waals surface area contributed by atoms with Crippen LogP contribution in [0.15, 0.2) is 10.9 Å². The highest BCUT2D eigenvalue weighted by molar-refractivity contribution is 6.29. The molecule has 9 nitrogen and oxygen atoms in total. The number of nitrogens with one attached hydrogen (secondary N) is 3. The van der Waals surface area contributed by atoms with Crippen LogP contribution in [-0.4, -0.2) is 44.3 Å². The lowest BCUT2D eigenvalue weighted by Gasteiger charge is -2.31. The fraction of sp³-hybridized carbons (Fsp3) is 0.455. The first-order chi connectivity index (χ1) is 10.1. The molecule has 0 amide bonds. The number of nitrogen functional groups attached to an aromatic ring is 1. The number of aromatic nitrogens is 5. The van der Waals surface area contributed by atoms with Gasteiger partial charge in [0.05, 0.1) is 0 Å². The van der Waals surface area contributed by atoms with Gasteiger partial charge in [0.25, 0.3) is 0 Å². The zero-order valence-corrected chi connectivity index (χ0v) is 11.9. The molecule has 0 spiro atoms. The van der Waals surface area contributed by atoms with Gasteiger partial charge in [-0.3, -0.25) is 4.98 Å². The van der Waals surface area contributed by atoms with Gasteiger partial charge in [-0.15, -0.1) is 5.10 Å². The number of nitrogens with two attached hydrogens (primary N) is 1. The predicted molar refractivity (Wildman–Crippen MR) is 79.5 cm³/mol. The first kappa shape index (κ1) is 13.7. The summed E-state index contributed by atoms with van der Waals surface area (Å²) in [4.78, 5) is 23.7. The van der Waals surface area contributed by atoms with Crippen molar-refractivity contribution in [3.63, 3.8) is 0 Å². The van der Waals surface area contributed by atoms with Crippen LogP contribution in [0.25, 0.3) is 0 Å². The van der Waals surface area contributed by atoms with Crippen molar-refractivity contribution < 1.29 is 0 Å². The number of H-pyrrole nitrogens is 2. The maximum atomic E-state index is 11.3. The van der Waals surface area contributed by atoms with Gasteiger partial charge in [0, 0.05) is 25.2 Å². The van der Waals surface area contributed by atoms with Crippen LogP contribution in [0.5, 0.6) is 0 Å². The summed E-state index contributed by atoms with van der Waals surface area (Å²) in [6.45, 7) is 1.60. The highest BCUT2D eigenvalue weighted by Gasteiger charge is 2.22. The minimum absolute atomic E-state index is 0.225. The van der Waals surface area contributed by atoms with E-state index in [9.17, 15) is 4.79 Å². The van der Waals surface area contributed by atoms with Gasteiger partial charge in [-0.25, -0.2) is 9.89 Å². The Kier molecular flexibility index (Phi) is 3.65. The van der Waals surface area contributed by atoms with Crippen molar-refractivity contribution in [3.8, 4) is 0 Å². The molecule has 1 aliphatic heterocycles. The molecule has 0 aliphatic carbocycles. The fourth-order valence-corrected chi connectivity index (χ4v) is 2.53. The third-order valence-corrected chi connectivity index (χ3v) is 3.54. The predicted octanol–water partition coefficient (Wildman–Crippen LogP) is 0.204. The van der Waals surface area contributed by atoms with Crippen molar-refractivity contribution in [2.24, 2.45) is 0 Å². The van der Waals surface area contributed by atoms with E-state index in [1.807, 2.05) is 0 Å². The molecule has 2 aromatic rings. The number of hydrogen-bond acceptors (Lipinski definition) is 7. The van der Waals surface area contributed by atoms with Crippen LogP contribution in [0, 0.1) is 0 Å². The molecule has 1 saturated heterocycles. The Morgan fingerprint density at radius 1 is 1.38 bits per heavy atom. The Morgan fingerprint density at radius 2 is 2.14 bits per heavy atom. The van der Waals surface area contributed by atoms with Gasteiger partial charge in [-0.2, -0.15) is 9.97 Å². The molecule has 21 heavy (non-hydrogen) atoms. The molecule has 2 aromatic heterocycles. The lowest BCUT2D eigenvalue weighted by Crippen LogP contribution is -2.40. The molecular weight excluding hydrogens is 296 g/mol. The number of aromatic amines is 2. The average Bonchev–Trinajstić information content (AvgIpc) is 2.85. The summed E-state index contributed by atoms with van der Waals surface area (Å²) in [5.74, 6) is 1.42. The van der Waals surface area contributed by atoms with Gasteiger partial charge < -0.3 is 16.0 Å². The second-order valence-electron chi connectivity index (χ2n) is 4.85. The van der Waals surface area contributed by atoms with E-state index in [2.05, 4.69) is 35.4 Å². The van der Waals surface area contributed by atoms with Crippen molar-refractivity contribution in [3.05, 3.63) is 21.7 Å². The summed E-state index contributed by atoms with van der Waals surface area (Å²) >= 11 is 5.80. The zero-order chi connectivity index (χ0) is 14.8. The second kappa shape index (κ2) is 5.60. The Bertz CT molecular complexity index is 675. The zero-order valence-electron chi connectivity index (χ0n) is 11.1. The molecule has 0 bridgehead atoms. The molecule has 3 rings (SSSR count). The van der Waals surface area contributed by atoms with Gasteiger partial charge in [0.2, 0.25) is 11.9 Å². The molecule has 0 unspecified atom stereocenters. The van der Waals surface area contributed by atoms with E-state index in [1.165, 1.54) is 0 Å². The maximum absolute atomic E-state index is 11.3. The number of anilines is 3. The molecular formula is C11H15ClN8O. The molecule has 5 N–H and O–H groups in total. The second-order valence-corrected chi connectivity index (χ2v) is 5.25. The van der Waals surface area contributed by atoms with Crippen molar-refractivity contribution >= 4 is 29.3 Å². The molecule has 0 atom stereocenters. The van der Waals surface area contributed by atoms with Crippen LogP contribution in [-0.2, 0) is 0 Å². The Balaban J connectivity index is 1.59. The molecule has 1 fully saturated rings. The van der Waals surface area contributed by atoms with E-state index in [4.69, 9.17) is 17.3 Å². The van der Waals surface area contributed by atoms with E-state index < -0.39 is 5.69 Å². The van der Waals surface area contributed by atoms with Gasteiger partial charge in [-0.05, 0) is 12.8 Å². The van der Waals surface area contributed by atoms with Crippen LogP contribution in [0.3, 0.4) is 0 Å². The summed E-state index contributed by atoms with van der Waals surface area (Å²) in [6, 6.07) is 1.83. The van der Waals surface area contributed by atoms with E-state index in [0.29, 0.717) is 17.7 Å². The average molecular weight is 311 g/mol. The topological polar surface area (TPSA) is 129 Å². The van der Waals surface area contributed by atoms with E-state index >= 15 is 0 Å². The lowest BCUT2D eigenvalue weighted by atomic mass is 10.1. The molecule has 0 aromatic carbocycles. The molecule has 0 radical (unpaired) electrons. The van der Waals surface area contributed by atoms with E-state index in [-0.39, 0.29) is 11.2 Å². The number of piperidine rings is 1. The molecule has 3 heterocycles. The van der Waals surface area contributed by atoms with Crippen LogP contribution < -0.4 is 21.6 Å². The number of halogens is 1. The lowest BCUT2D eigenvalue weighted by molar-refractivity contribution is 0.519. The van der Waals surface area contributed by atoms with Crippen LogP contribution in [0.1, 0.15) is 12.8 Å². The number of nitrogens with zero attached hydrogens (tertiary/aromatic N) is 4. The summed E-state index contributed by atoms with van der Waals surface area (Å²) in [5, 5.41) is 10.2. The largest absolute Gasteiger partial charge is 0.368 e. The summed E-state index contributed by atoms with van der Waals surface area (Å²) in [5.41, 5.74) is 5.06. The molecule has 0 saturated carbocycles. The molecule has 10 heteroatoms. The smallest absolute Gasteiger partial charge is 0.347 e. The Hall–Kier alpha value is -2.29. The van der Waals surface area contributed by atoms with E-state index in [0.717, 1.165) is 25.9 Å². The molecule has 112 valence electrons. The van der Waals surface area contributed by atoms with Crippen LogP contribution in [0.2, 0.25) is 5.15 Å². The van der Waals surface area contributed by atoms with Crippen LogP contribution >= 0.6 is 11.6 Å². The highest BCUT2D eigenvalue weighted by Crippen LogP contribution is 2.19. The Morgan fingerprint density at radius 3 is 2.76 bits per heavy atom. The third-order valence-electron chi connectivity index (χ3n) is 3.33. The standard InChI is InChI=1S/C11H15ClN8O/c12-7-5-8(16-11(21)15-7)14-6-1-3-20(4-2-6)10-17-9(13)18-19-10/h5-6H,1-4H2,(H3,13,17,18,19)(H2,14,15,16,21). The van der Waals surface area contributed by atoms with E-state index in [1.54, 1.807) is 6.07 Å². The normalized spacial score (nSPS) is 16.1. The summed E-state index contributed by atoms with van der Waals surface area (Å²) in [6.07, 6.45) is 1.75. The van der Waals surface area contributed by atoms with Gasteiger partial charge in [0.15, 0.2) is 0 Å². The maximum Gasteiger partial charge on any atom is 0.347 e. The SMILES string of the molecule is Nc1nc(N2CCC(Nc3cc(Cl)[nH]c(=O)n3)CC2)n[nH]1. The van der Waals surface area contributed by atoms with Gasteiger partial charge in [0.1, 0.15) is 11.0 Å². The minimum Gasteiger partial charge on any atom is -0.368 e. The first-order valence-corrected chi connectivity index (χ1v) is 6.94. The monoisotopic (exact) mass is 310 g/mol. The summed E-state index contributed by atoms with van der Waals surface area (Å²) < 4.78 is 0. The summed E-state index contributed by atoms with van der Waals surface area (Å²) in [7, 11) is 0. The highest BCUT2D eigenvalue weighted by atomic mass is 35.5.